The Morgan fingerprint density at radius 2 is 2.05 bits per heavy atom. The highest BCUT2D eigenvalue weighted by Gasteiger charge is 2.35. The zero-order chi connectivity index (χ0) is 15.0. The quantitative estimate of drug-likeness (QED) is 0.941. The smallest absolute Gasteiger partial charge is 0.372 e. The van der Waals surface area contributed by atoms with Gasteiger partial charge in [0.1, 0.15) is 0 Å². The minimum atomic E-state index is -4.40. The van der Waals surface area contributed by atoms with Crippen molar-refractivity contribution in [3.8, 4) is 0 Å². The first kappa shape index (κ1) is 14.5. The number of thiazole rings is 1. The molecule has 0 bridgehead atoms. The molecule has 0 fully saturated rings. The Bertz CT molecular complexity index is 654. The highest BCUT2D eigenvalue weighted by molar-refractivity contribution is 7.11. The van der Waals surface area contributed by atoms with Gasteiger partial charge in [0.25, 0.3) is 0 Å². The molecule has 3 rings (SSSR count). The number of aromatic nitrogens is 1. The first-order chi connectivity index (χ1) is 9.99. The Balaban J connectivity index is 1.93. The van der Waals surface area contributed by atoms with E-state index in [2.05, 4.69) is 10.3 Å². The summed E-state index contributed by atoms with van der Waals surface area (Å²) in [5.41, 5.74) is 3.14. The van der Waals surface area contributed by atoms with E-state index >= 15 is 0 Å². The summed E-state index contributed by atoms with van der Waals surface area (Å²) in [6.07, 6.45) is -3.11. The van der Waals surface area contributed by atoms with Crippen LogP contribution in [0.15, 0.2) is 24.4 Å². The average Bonchev–Trinajstić information content (AvgIpc) is 3.06. The van der Waals surface area contributed by atoms with E-state index in [1.807, 2.05) is 18.2 Å². The monoisotopic (exact) mass is 314 g/mol. The Hall–Kier alpha value is -1.44. The van der Waals surface area contributed by atoms with Crippen molar-refractivity contribution in [1.82, 2.24) is 10.3 Å². The van der Waals surface area contributed by atoms with Crippen LogP contribution in [0.1, 0.15) is 32.6 Å². The van der Waals surface area contributed by atoms with Gasteiger partial charge in [-0.05, 0) is 23.7 Å². The molecule has 1 aromatic heterocycles. The topological polar surface area (TPSA) is 34.1 Å². The van der Waals surface area contributed by atoms with E-state index in [9.17, 15) is 13.2 Å². The molecule has 0 aliphatic carbocycles. The number of alkyl halides is 3. The van der Waals surface area contributed by atoms with Crippen molar-refractivity contribution in [3.05, 3.63) is 51.0 Å². The van der Waals surface area contributed by atoms with Crippen LogP contribution in [0.2, 0.25) is 0 Å². The Labute approximate surface area is 123 Å². The molecule has 2 aromatic rings. The summed E-state index contributed by atoms with van der Waals surface area (Å²) >= 11 is 0.671. The molecule has 0 saturated heterocycles. The van der Waals surface area contributed by atoms with Crippen molar-refractivity contribution in [2.24, 2.45) is 0 Å². The lowest BCUT2D eigenvalue weighted by molar-refractivity contribution is -0.137. The van der Waals surface area contributed by atoms with E-state index in [0.29, 0.717) is 29.4 Å². The molecular formula is C14H13F3N2OS. The van der Waals surface area contributed by atoms with E-state index in [-0.39, 0.29) is 6.04 Å². The molecule has 0 radical (unpaired) electrons. The Morgan fingerprint density at radius 1 is 1.29 bits per heavy atom. The second-order valence-corrected chi connectivity index (χ2v) is 5.87. The summed E-state index contributed by atoms with van der Waals surface area (Å²) in [7, 11) is 1.72. The van der Waals surface area contributed by atoms with Crippen LogP contribution in [0.3, 0.4) is 0 Å². The van der Waals surface area contributed by atoms with Crippen molar-refractivity contribution < 1.29 is 17.9 Å². The molecule has 1 aliphatic heterocycles. The number of fused-ring (bicyclic) bond motifs is 1. The molecule has 1 unspecified atom stereocenters. The SMILES string of the molecule is CNC(c1ccc2c(c1)COC2)c1cnc(C(F)(F)F)s1. The Kier molecular flexibility index (Phi) is 3.73. The summed E-state index contributed by atoms with van der Waals surface area (Å²) in [6, 6.07) is 5.57. The number of hydrogen-bond acceptors (Lipinski definition) is 4. The molecule has 0 saturated carbocycles. The van der Waals surface area contributed by atoms with Crippen LogP contribution >= 0.6 is 11.3 Å². The van der Waals surface area contributed by atoms with Gasteiger partial charge < -0.3 is 10.1 Å². The normalized spacial score (nSPS) is 16.0. The second kappa shape index (κ2) is 5.40. The Morgan fingerprint density at radius 3 is 2.71 bits per heavy atom. The van der Waals surface area contributed by atoms with E-state index in [1.165, 1.54) is 6.20 Å². The molecule has 21 heavy (non-hydrogen) atoms. The lowest BCUT2D eigenvalue weighted by Gasteiger charge is -2.15. The fraction of sp³-hybridized carbons (Fsp3) is 0.357. The van der Waals surface area contributed by atoms with Crippen LogP contribution in [0, 0.1) is 0 Å². The predicted octanol–water partition coefficient (Wildman–Crippen LogP) is 3.50. The maximum Gasteiger partial charge on any atom is 0.443 e. The summed E-state index contributed by atoms with van der Waals surface area (Å²) in [5.74, 6) is 0. The molecule has 112 valence electrons. The van der Waals surface area contributed by atoms with Crippen molar-refractivity contribution in [2.75, 3.05) is 7.05 Å². The van der Waals surface area contributed by atoms with E-state index < -0.39 is 11.2 Å². The number of nitrogens with one attached hydrogen (secondary N) is 1. The van der Waals surface area contributed by atoms with Crippen LogP contribution in [0.25, 0.3) is 0 Å². The van der Waals surface area contributed by atoms with Crippen LogP contribution in [0.4, 0.5) is 13.2 Å². The summed E-state index contributed by atoms with van der Waals surface area (Å²) in [6.45, 7) is 1.15. The molecule has 2 heterocycles. The minimum Gasteiger partial charge on any atom is -0.372 e. The van der Waals surface area contributed by atoms with Gasteiger partial charge in [0, 0.05) is 11.1 Å². The summed E-state index contributed by atoms with van der Waals surface area (Å²) in [4.78, 5) is 4.03. The maximum absolute atomic E-state index is 12.7. The highest BCUT2D eigenvalue weighted by Crippen LogP contribution is 2.36. The minimum absolute atomic E-state index is 0.301. The lowest BCUT2D eigenvalue weighted by Crippen LogP contribution is -2.16. The summed E-state index contributed by atoms with van der Waals surface area (Å²) < 4.78 is 43.3. The predicted molar refractivity (Wildman–Crippen MR) is 73.0 cm³/mol. The largest absolute Gasteiger partial charge is 0.443 e. The molecule has 0 amide bonds. The number of ether oxygens (including phenoxy) is 1. The van der Waals surface area contributed by atoms with Gasteiger partial charge in [-0.15, -0.1) is 11.3 Å². The van der Waals surface area contributed by atoms with Crippen molar-refractivity contribution in [3.63, 3.8) is 0 Å². The molecule has 7 heteroatoms. The van der Waals surface area contributed by atoms with Crippen LogP contribution in [-0.4, -0.2) is 12.0 Å². The number of nitrogens with zero attached hydrogens (tertiary/aromatic N) is 1. The van der Waals surface area contributed by atoms with Gasteiger partial charge in [-0.2, -0.15) is 13.2 Å². The first-order valence-electron chi connectivity index (χ1n) is 6.38. The van der Waals surface area contributed by atoms with E-state index in [0.717, 1.165) is 16.7 Å². The third-order valence-corrected chi connectivity index (χ3v) is 4.53. The van der Waals surface area contributed by atoms with Gasteiger partial charge in [-0.25, -0.2) is 4.98 Å². The fourth-order valence-corrected chi connectivity index (χ4v) is 3.32. The van der Waals surface area contributed by atoms with Crippen molar-refractivity contribution in [1.29, 1.82) is 0 Å². The number of halogens is 3. The van der Waals surface area contributed by atoms with Gasteiger partial charge >= 0.3 is 6.18 Å². The zero-order valence-corrected chi connectivity index (χ0v) is 12.0. The maximum atomic E-state index is 12.7. The van der Waals surface area contributed by atoms with Crippen molar-refractivity contribution in [2.45, 2.75) is 25.4 Å². The standard InChI is InChI=1S/C14H13F3N2OS/c1-18-12(11-5-19-13(21-11)14(15,16)17)8-2-3-9-6-20-7-10(9)4-8/h2-5,12,18H,6-7H2,1H3. The van der Waals surface area contributed by atoms with Gasteiger partial charge in [0.2, 0.25) is 0 Å². The molecule has 1 N–H and O–H groups in total. The van der Waals surface area contributed by atoms with Crippen LogP contribution in [0.5, 0.6) is 0 Å². The van der Waals surface area contributed by atoms with Crippen molar-refractivity contribution >= 4 is 11.3 Å². The summed E-state index contributed by atoms with van der Waals surface area (Å²) in [5, 5.41) is 2.24. The van der Waals surface area contributed by atoms with Gasteiger partial charge in [0.15, 0.2) is 5.01 Å². The fourth-order valence-electron chi connectivity index (χ4n) is 2.40. The van der Waals surface area contributed by atoms with Gasteiger partial charge in [0.05, 0.1) is 19.3 Å². The molecular weight excluding hydrogens is 301 g/mol. The number of benzene rings is 1. The molecule has 0 spiro atoms. The van der Waals surface area contributed by atoms with Crippen LogP contribution in [-0.2, 0) is 24.1 Å². The first-order valence-corrected chi connectivity index (χ1v) is 7.20. The third kappa shape index (κ3) is 2.81. The second-order valence-electron chi connectivity index (χ2n) is 4.81. The van der Waals surface area contributed by atoms with Gasteiger partial charge in [-0.3, -0.25) is 0 Å². The lowest BCUT2D eigenvalue weighted by atomic mass is 10.0. The van der Waals surface area contributed by atoms with E-state index in [4.69, 9.17) is 4.74 Å². The molecule has 3 nitrogen and oxygen atoms in total. The zero-order valence-electron chi connectivity index (χ0n) is 11.2. The molecule has 1 aromatic carbocycles. The molecule has 1 atom stereocenters. The van der Waals surface area contributed by atoms with Crippen LogP contribution < -0.4 is 5.32 Å². The number of rotatable bonds is 3. The number of hydrogen-bond donors (Lipinski definition) is 1. The molecule has 1 aliphatic rings. The average molecular weight is 314 g/mol. The van der Waals surface area contributed by atoms with Gasteiger partial charge in [-0.1, -0.05) is 18.2 Å². The highest BCUT2D eigenvalue weighted by atomic mass is 32.1. The third-order valence-electron chi connectivity index (χ3n) is 3.42. The van der Waals surface area contributed by atoms with E-state index in [1.54, 1.807) is 7.05 Å².